The molecule has 1 unspecified atom stereocenters. The van der Waals surface area contributed by atoms with Gasteiger partial charge < -0.3 is 14.8 Å². The lowest BCUT2D eigenvalue weighted by Crippen LogP contribution is -2.28. The van der Waals surface area contributed by atoms with Crippen molar-refractivity contribution in [2.45, 2.75) is 18.7 Å². The quantitative estimate of drug-likeness (QED) is 0.852. The Morgan fingerprint density at radius 1 is 1.16 bits per heavy atom. The fraction of sp³-hybridized carbons (Fsp3) is 0.316. The molecule has 25 heavy (non-hydrogen) atoms. The number of halogens is 1. The second kappa shape index (κ2) is 8.25. The first-order valence-corrected chi connectivity index (χ1v) is 9.28. The number of hydrogen-bond donors (Lipinski definition) is 1. The Kier molecular flexibility index (Phi) is 5.81. The Morgan fingerprint density at radius 2 is 1.88 bits per heavy atom. The van der Waals surface area contributed by atoms with Gasteiger partial charge in [0.1, 0.15) is 19.0 Å². The van der Waals surface area contributed by atoms with Crippen LogP contribution in [0.5, 0.6) is 11.5 Å². The smallest absolute Gasteiger partial charge is 0.230 e. The van der Waals surface area contributed by atoms with Crippen molar-refractivity contribution in [2.75, 3.05) is 19.0 Å². The predicted molar refractivity (Wildman–Crippen MR) is 96.6 cm³/mol. The molecule has 1 aliphatic rings. The van der Waals surface area contributed by atoms with Crippen LogP contribution in [-0.2, 0) is 10.5 Å². The van der Waals surface area contributed by atoms with Gasteiger partial charge in [0, 0.05) is 5.75 Å². The molecule has 3 rings (SSSR count). The van der Waals surface area contributed by atoms with E-state index >= 15 is 0 Å². The highest BCUT2D eigenvalue weighted by Crippen LogP contribution is 2.32. The van der Waals surface area contributed by atoms with E-state index in [1.54, 1.807) is 12.1 Å². The first kappa shape index (κ1) is 17.6. The van der Waals surface area contributed by atoms with Crippen molar-refractivity contribution in [3.63, 3.8) is 0 Å². The third-order valence-electron chi connectivity index (χ3n) is 3.86. The minimum absolute atomic E-state index is 0.0329. The molecule has 2 aromatic carbocycles. The van der Waals surface area contributed by atoms with E-state index in [2.05, 4.69) is 5.32 Å². The van der Waals surface area contributed by atoms with Crippen molar-refractivity contribution < 1.29 is 18.7 Å². The molecule has 0 aromatic heterocycles. The van der Waals surface area contributed by atoms with Gasteiger partial charge in [0.25, 0.3) is 0 Å². The Labute approximate surface area is 150 Å². The molecule has 0 bridgehead atoms. The van der Waals surface area contributed by atoms with Gasteiger partial charge in [-0.1, -0.05) is 18.2 Å². The summed E-state index contributed by atoms with van der Waals surface area (Å²) in [5, 5.41) is 2.98. The number of amides is 1. The van der Waals surface area contributed by atoms with E-state index in [0.29, 0.717) is 24.7 Å². The van der Waals surface area contributed by atoms with Crippen molar-refractivity contribution in [3.05, 3.63) is 59.4 Å². The summed E-state index contributed by atoms with van der Waals surface area (Å²) in [7, 11) is 0. The summed E-state index contributed by atoms with van der Waals surface area (Å²) >= 11 is 1.50. The summed E-state index contributed by atoms with van der Waals surface area (Å²) in [5.74, 6) is 2.20. The molecule has 6 heteroatoms. The standard InChI is InChI=1S/C19H20FNO3S/c1-13(15-4-7-17-18(10-15)24-9-8-23-17)21-19(22)12-25-11-14-2-5-16(20)6-3-14/h2-7,10,13H,8-9,11-12H2,1H3,(H,21,22). The molecule has 0 saturated heterocycles. The average Bonchev–Trinajstić information content (AvgIpc) is 2.63. The van der Waals surface area contributed by atoms with Crippen LogP contribution in [0.1, 0.15) is 24.1 Å². The zero-order chi connectivity index (χ0) is 17.6. The molecule has 4 nitrogen and oxygen atoms in total. The Hall–Kier alpha value is -2.21. The van der Waals surface area contributed by atoms with Crippen LogP contribution in [0.4, 0.5) is 4.39 Å². The van der Waals surface area contributed by atoms with Crippen molar-refractivity contribution in [1.29, 1.82) is 0 Å². The third-order valence-corrected chi connectivity index (χ3v) is 4.86. The first-order valence-electron chi connectivity index (χ1n) is 8.13. The lowest BCUT2D eigenvalue weighted by molar-refractivity contribution is -0.119. The minimum atomic E-state index is -0.250. The van der Waals surface area contributed by atoms with Crippen LogP contribution in [0.2, 0.25) is 0 Å². The van der Waals surface area contributed by atoms with Gasteiger partial charge in [-0.2, -0.15) is 0 Å². The third kappa shape index (κ3) is 4.89. The molecule has 1 heterocycles. The normalized spacial score (nSPS) is 14.0. The van der Waals surface area contributed by atoms with E-state index in [-0.39, 0.29) is 17.8 Å². The van der Waals surface area contributed by atoms with Crippen LogP contribution in [-0.4, -0.2) is 24.9 Å². The molecule has 1 atom stereocenters. The van der Waals surface area contributed by atoms with Crippen LogP contribution in [0.3, 0.4) is 0 Å². The van der Waals surface area contributed by atoms with E-state index in [0.717, 1.165) is 22.6 Å². The van der Waals surface area contributed by atoms with Crippen LogP contribution >= 0.6 is 11.8 Å². The Bertz CT molecular complexity index is 736. The molecule has 1 amide bonds. The number of nitrogens with one attached hydrogen (secondary N) is 1. The second-order valence-corrected chi connectivity index (χ2v) is 6.80. The van der Waals surface area contributed by atoms with Gasteiger partial charge in [-0.3, -0.25) is 4.79 Å². The van der Waals surface area contributed by atoms with Gasteiger partial charge in [-0.05, 0) is 42.3 Å². The number of benzene rings is 2. The average molecular weight is 361 g/mol. The van der Waals surface area contributed by atoms with E-state index < -0.39 is 0 Å². The summed E-state index contributed by atoms with van der Waals surface area (Å²) in [5.41, 5.74) is 1.97. The number of fused-ring (bicyclic) bond motifs is 1. The molecule has 132 valence electrons. The van der Waals surface area contributed by atoms with E-state index in [4.69, 9.17) is 9.47 Å². The molecule has 0 aliphatic carbocycles. The number of ether oxygens (including phenoxy) is 2. The summed E-state index contributed by atoms with van der Waals surface area (Å²) in [6, 6.07) is 11.9. The lowest BCUT2D eigenvalue weighted by Gasteiger charge is -2.21. The number of thioether (sulfide) groups is 1. The highest BCUT2D eigenvalue weighted by molar-refractivity contribution is 7.99. The van der Waals surface area contributed by atoms with Gasteiger partial charge in [0.15, 0.2) is 11.5 Å². The predicted octanol–water partition coefficient (Wildman–Crippen LogP) is 3.71. The summed E-state index contributed by atoms with van der Waals surface area (Å²) in [4.78, 5) is 12.1. The van der Waals surface area contributed by atoms with Crippen LogP contribution in [0.15, 0.2) is 42.5 Å². The lowest BCUT2D eigenvalue weighted by atomic mass is 10.1. The van der Waals surface area contributed by atoms with Crippen molar-refractivity contribution in [2.24, 2.45) is 0 Å². The largest absolute Gasteiger partial charge is 0.486 e. The van der Waals surface area contributed by atoms with Gasteiger partial charge in [0.05, 0.1) is 11.8 Å². The summed E-state index contributed by atoms with van der Waals surface area (Å²) in [6.45, 7) is 3.04. The number of carbonyl (C=O) groups is 1. The maximum Gasteiger partial charge on any atom is 0.230 e. The maximum absolute atomic E-state index is 12.9. The number of rotatable bonds is 6. The van der Waals surface area contributed by atoms with E-state index in [1.807, 2.05) is 25.1 Å². The highest BCUT2D eigenvalue weighted by Gasteiger charge is 2.15. The molecule has 1 aliphatic heterocycles. The van der Waals surface area contributed by atoms with Crippen molar-refractivity contribution in [1.82, 2.24) is 5.32 Å². The highest BCUT2D eigenvalue weighted by atomic mass is 32.2. The van der Waals surface area contributed by atoms with Gasteiger partial charge in [-0.25, -0.2) is 4.39 Å². The Morgan fingerprint density at radius 3 is 2.64 bits per heavy atom. The molecule has 0 saturated carbocycles. The molecular weight excluding hydrogens is 341 g/mol. The monoisotopic (exact) mass is 361 g/mol. The Balaban J connectivity index is 1.48. The molecule has 2 aromatic rings. The topological polar surface area (TPSA) is 47.6 Å². The maximum atomic E-state index is 12.9. The van der Waals surface area contributed by atoms with Gasteiger partial charge in [0.2, 0.25) is 5.91 Å². The van der Waals surface area contributed by atoms with E-state index in [9.17, 15) is 9.18 Å². The van der Waals surface area contributed by atoms with Crippen molar-refractivity contribution in [3.8, 4) is 11.5 Å². The number of hydrogen-bond acceptors (Lipinski definition) is 4. The van der Waals surface area contributed by atoms with Crippen molar-refractivity contribution >= 4 is 17.7 Å². The van der Waals surface area contributed by atoms with Crippen LogP contribution < -0.4 is 14.8 Å². The fourth-order valence-corrected chi connectivity index (χ4v) is 3.34. The zero-order valence-corrected chi connectivity index (χ0v) is 14.8. The second-order valence-electron chi connectivity index (χ2n) is 5.81. The number of carbonyl (C=O) groups excluding carboxylic acids is 1. The van der Waals surface area contributed by atoms with Gasteiger partial charge in [-0.15, -0.1) is 11.8 Å². The molecule has 0 radical (unpaired) electrons. The molecule has 0 fully saturated rings. The molecular formula is C19H20FNO3S. The molecule has 0 spiro atoms. The first-order chi connectivity index (χ1) is 12.1. The van der Waals surface area contributed by atoms with Gasteiger partial charge >= 0.3 is 0 Å². The summed E-state index contributed by atoms with van der Waals surface area (Å²) < 4.78 is 23.9. The summed E-state index contributed by atoms with van der Waals surface area (Å²) in [6.07, 6.45) is 0. The van der Waals surface area contributed by atoms with Crippen LogP contribution in [0.25, 0.3) is 0 Å². The molecule has 1 N–H and O–H groups in total. The zero-order valence-electron chi connectivity index (χ0n) is 14.0. The fourth-order valence-electron chi connectivity index (χ4n) is 2.54. The SMILES string of the molecule is CC(NC(=O)CSCc1ccc(F)cc1)c1ccc2c(c1)OCCO2. The van der Waals surface area contributed by atoms with Crippen LogP contribution in [0, 0.1) is 5.82 Å². The van der Waals surface area contributed by atoms with E-state index in [1.165, 1.54) is 23.9 Å². The minimum Gasteiger partial charge on any atom is -0.486 e.